The van der Waals surface area contributed by atoms with Crippen LogP contribution in [0.1, 0.15) is 39.0 Å². The number of aromatic nitrogens is 2. The highest BCUT2D eigenvalue weighted by Crippen LogP contribution is 2.48. The SMILES string of the molecule is COc1cc(C2C(C(=O)c3ccc(C)o3)=C(O)C(=O)N2c2nnc(SCc3ccc(C)cc3)s2)cc(OC)c1OC. The maximum atomic E-state index is 13.7. The van der Waals surface area contributed by atoms with Gasteiger partial charge in [0.05, 0.1) is 32.9 Å². The summed E-state index contributed by atoms with van der Waals surface area (Å²) < 4.78 is 22.7. The predicted octanol–water partition coefficient (Wildman–Crippen LogP) is 5.85. The fraction of sp³-hybridized carbons (Fsp3) is 0.241. The second-order valence-electron chi connectivity index (χ2n) is 9.16. The zero-order valence-corrected chi connectivity index (χ0v) is 24.6. The van der Waals surface area contributed by atoms with Crippen LogP contribution in [-0.4, -0.2) is 48.3 Å². The molecule has 0 fully saturated rings. The first-order valence-electron chi connectivity index (χ1n) is 12.4. The third-order valence-electron chi connectivity index (χ3n) is 6.50. The third-order valence-corrected chi connectivity index (χ3v) is 8.63. The van der Waals surface area contributed by atoms with Crippen LogP contribution in [0.5, 0.6) is 17.2 Å². The van der Waals surface area contributed by atoms with Crippen LogP contribution in [0.4, 0.5) is 5.13 Å². The summed E-state index contributed by atoms with van der Waals surface area (Å²) in [5, 5.41) is 19.8. The van der Waals surface area contributed by atoms with Crippen molar-refractivity contribution in [3.05, 3.63) is 88.1 Å². The average Bonchev–Trinajstić information content (AvgIpc) is 3.69. The summed E-state index contributed by atoms with van der Waals surface area (Å²) in [5.74, 6) is -0.00775. The van der Waals surface area contributed by atoms with Crippen LogP contribution in [0.2, 0.25) is 0 Å². The Morgan fingerprint density at radius 1 is 1.02 bits per heavy atom. The Labute approximate surface area is 244 Å². The summed E-state index contributed by atoms with van der Waals surface area (Å²) in [6, 6.07) is 13.5. The van der Waals surface area contributed by atoms with Gasteiger partial charge in [-0.05, 0) is 49.2 Å². The number of hydrogen-bond acceptors (Lipinski definition) is 11. The van der Waals surface area contributed by atoms with Gasteiger partial charge in [-0.3, -0.25) is 14.5 Å². The first kappa shape index (κ1) is 28.2. The van der Waals surface area contributed by atoms with Crippen LogP contribution < -0.4 is 19.1 Å². The van der Waals surface area contributed by atoms with Crippen molar-refractivity contribution < 1.29 is 33.3 Å². The number of benzene rings is 2. The average molecular weight is 594 g/mol. The molecule has 0 saturated heterocycles. The largest absolute Gasteiger partial charge is 0.503 e. The highest BCUT2D eigenvalue weighted by Gasteiger charge is 2.47. The van der Waals surface area contributed by atoms with Gasteiger partial charge < -0.3 is 23.7 Å². The fourth-order valence-corrected chi connectivity index (χ4v) is 6.31. The molecule has 0 aliphatic carbocycles. The number of methoxy groups -OCH3 is 3. The van der Waals surface area contributed by atoms with Crippen molar-refractivity contribution in [2.24, 2.45) is 0 Å². The highest BCUT2D eigenvalue weighted by atomic mass is 32.2. The number of ketones is 1. The van der Waals surface area contributed by atoms with E-state index in [1.807, 2.05) is 31.2 Å². The van der Waals surface area contributed by atoms with Crippen molar-refractivity contribution in [1.82, 2.24) is 10.2 Å². The molecule has 212 valence electrons. The Hall–Kier alpha value is -4.29. The molecule has 0 bridgehead atoms. The quantitative estimate of drug-likeness (QED) is 0.136. The van der Waals surface area contributed by atoms with Crippen molar-refractivity contribution in [1.29, 1.82) is 0 Å². The van der Waals surface area contributed by atoms with E-state index in [0.29, 0.717) is 38.7 Å². The minimum atomic E-state index is -1.09. The Kier molecular flexibility index (Phi) is 8.04. The standard InChI is InChI=1S/C29H27N3O7S2/c1-15-6-9-17(10-7-15)14-40-29-31-30-28(41-29)32-23(18-12-20(36-3)26(38-5)21(13-18)37-4)22(25(34)27(32)35)24(33)19-11-8-16(2)39-19/h6-13,23,34H,14H2,1-5H3. The molecule has 5 rings (SSSR count). The molecule has 0 spiro atoms. The lowest BCUT2D eigenvalue weighted by molar-refractivity contribution is -0.117. The molecule has 41 heavy (non-hydrogen) atoms. The van der Waals surface area contributed by atoms with Crippen molar-refractivity contribution >= 4 is 39.9 Å². The van der Waals surface area contributed by atoms with E-state index in [0.717, 1.165) is 5.56 Å². The van der Waals surface area contributed by atoms with Gasteiger partial charge in [-0.2, -0.15) is 0 Å². The summed E-state index contributed by atoms with van der Waals surface area (Å²) in [6.07, 6.45) is 0. The third kappa shape index (κ3) is 5.40. The van der Waals surface area contributed by atoms with Crippen LogP contribution in [0, 0.1) is 13.8 Å². The summed E-state index contributed by atoms with van der Waals surface area (Å²) in [6.45, 7) is 3.73. The highest BCUT2D eigenvalue weighted by molar-refractivity contribution is 8.00. The smallest absolute Gasteiger partial charge is 0.296 e. The number of ether oxygens (including phenoxy) is 3. The first-order valence-corrected chi connectivity index (χ1v) is 14.3. The maximum Gasteiger partial charge on any atom is 0.296 e. The minimum absolute atomic E-state index is 0.0113. The molecule has 0 radical (unpaired) electrons. The Balaban J connectivity index is 1.57. The van der Waals surface area contributed by atoms with E-state index in [4.69, 9.17) is 18.6 Å². The van der Waals surface area contributed by atoms with E-state index in [2.05, 4.69) is 10.2 Å². The van der Waals surface area contributed by atoms with Crippen molar-refractivity contribution in [2.75, 3.05) is 26.2 Å². The molecule has 10 nitrogen and oxygen atoms in total. The summed E-state index contributed by atoms with van der Waals surface area (Å²) in [7, 11) is 4.40. The maximum absolute atomic E-state index is 13.7. The molecule has 0 saturated carbocycles. The molecular weight excluding hydrogens is 566 g/mol. The van der Waals surface area contributed by atoms with Gasteiger partial charge in [0.15, 0.2) is 27.4 Å². The van der Waals surface area contributed by atoms with Crippen molar-refractivity contribution in [3.63, 3.8) is 0 Å². The van der Waals surface area contributed by atoms with Gasteiger partial charge in [0.25, 0.3) is 5.91 Å². The zero-order chi connectivity index (χ0) is 29.3. The predicted molar refractivity (Wildman–Crippen MR) is 154 cm³/mol. The molecule has 2 aromatic carbocycles. The van der Waals surface area contributed by atoms with Crippen LogP contribution in [-0.2, 0) is 10.5 Å². The second kappa shape index (κ2) is 11.7. The van der Waals surface area contributed by atoms with Crippen molar-refractivity contribution in [2.45, 2.75) is 30.0 Å². The Bertz CT molecular complexity index is 1620. The van der Waals surface area contributed by atoms with E-state index in [1.165, 1.54) is 61.0 Å². The van der Waals surface area contributed by atoms with Gasteiger partial charge in [-0.1, -0.05) is 52.9 Å². The normalized spacial score (nSPS) is 15.0. The summed E-state index contributed by atoms with van der Waals surface area (Å²) in [4.78, 5) is 28.5. The van der Waals surface area contributed by atoms with E-state index < -0.39 is 23.5 Å². The molecule has 1 amide bonds. The molecule has 1 aliphatic heterocycles. The van der Waals surface area contributed by atoms with Gasteiger partial charge >= 0.3 is 0 Å². The topological polar surface area (TPSA) is 124 Å². The monoisotopic (exact) mass is 593 g/mol. The molecule has 1 N–H and O–H groups in total. The number of aryl methyl sites for hydroxylation is 2. The minimum Gasteiger partial charge on any atom is -0.503 e. The second-order valence-corrected chi connectivity index (χ2v) is 11.3. The van der Waals surface area contributed by atoms with Gasteiger partial charge in [-0.15, -0.1) is 10.2 Å². The number of furan rings is 1. The van der Waals surface area contributed by atoms with Gasteiger partial charge in [0, 0.05) is 5.75 Å². The Morgan fingerprint density at radius 3 is 2.29 bits per heavy atom. The molecule has 2 aromatic heterocycles. The molecule has 12 heteroatoms. The van der Waals surface area contributed by atoms with Crippen molar-refractivity contribution in [3.8, 4) is 17.2 Å². The number of rotatable bonds is 10. The molecule has 1 atom stereocenters. The van der Waals surface area contributed by atoms with Crippen LogP contribution in [0.15, 0.2) is 68.6 Å². The van der Waals surface area contributed by atoms with E-state index in [1.54, 1.807) is 25.1 Å². The molecule has 4 aromatic rings. The number of carbonyl (C=O) groups is 2. The molecule has 3 heterocycles. The number of amides is 1. The lowest BCUT2D eigenvalue weighted by atomic mass is 9.94. The molecule has 1 aliphatic rings. The number of hydrogen-bond donors (Lipinski definition) is 1. The lowest BCUT2D eigenvalue weighted by Gasteiger charge is -2.25. The van der Waals surface area contributed by atoms with Crippen LogP contribution in [0.3, 0.4) is 0 Å². The molecular formula is C29H27N3O7S2. The zero-order valence-electron chi connectivity index (χ0n) is 23.0. The number of nitrogens with zero attached hydrogens (tertiary/aromatic N) is 3. The van der Waals surface area contributed by atoms with Crippen LogP contribution >= 0.6 is 23.1 Å². The number of anilines is 1. The van der Waals surface area contributed by atoms with Gasteiger partial charge in [0.1, 0.15) is 5.76 Å². The summed E-state index contributed by atoms with van der Waals surface area (Å²) in [5.41, 5.74) is 2.55. The van der Waals surface area contributed by atoms with Gasteiger partial charge in [-0.25, -0.2) is 0 Å². The van der Waals surface area contributed by atoms with Gasteiger partial charge in [0.2, 0.25) is 16.7 Å². The Morgan fingerprint density at radius 2 is 1.71 bits per heavy atom. The van der Waals surface area contributed by atoms with E-state index in [-0.39, 0.29) is 16.5 Å². The molecule has 1 unspecified atom stereocenters. The number of thioether (sulfide) groups is 1. The number of Topliss-reactive ketones (excluding diaryl/α,β-unsaturated/α-hetero) is 1. The number of aliphatic hydroxyl groups excluding tert-OH is 1. The number of aliphatic hydroxyl groups is 1. The van der Waals surface area contributed by atoms with E-state index >= 15 is 0 Å². The lowest BCUT2D eigenvalue weighted by Crippen LogP contribution is -2.31. The fourth-order valence-electron chi connectivity index (χ4n) is 4.49. The summed E-state index contributed by atoms with van der Waals surface area (Å²) >= 11 is 2.66. The van der Waals surface area contributed by atoms with Crippen LogP contribution in [0.25, 0.3) is 0 Å². The number of carbonyl (C=O) groups excluding carboxylic acids is 2. The van der Waals surface area contributed by atoms with E-state index in [9.17, 15) is 14.7 Å². The first-order chi connectivity index (χ1) is 19.7.